The monoisotopic (exact) mass is 509 g/mol. The molecule has 0 aliphatic heterocycles. The normalized spacial score (nSPS) is 16.9. The average Bonchev–Trinajstić information content (AvgIpc) is 3.73. The molecule has 0 aromatic carbocycles. The van der Waals surface area contributed by atoms with Gasteiger partial charge in [0.25, 0.3) is 0 Å². The number of hydrogen-bond acceptors (Lipinski definition) is 8. The number of pyridine rings is 1. The van der Waals surface area contributed by atoms with Gasteiger partial charge in [-0.1, -0.05) is 5.16 Å². The van der Waals surface area contributed by atoms with E-state index in [0.29, 0.717) is 17.5 Å². The SMILES string of the molecule is Nc1ncnc2c1c(-c1ccc(NCNc3cc(C4(C(F)(F)F)CC4)on3)c3nccn13)cn2C1CC1. The number of anilines is 3. The molecule has 0 bridgehead atoms. The van der Waals surface area contributed by atoms with Crippen LogP contribution in [0.15, 0.2) is 47.6 Å². The molecule has 4 N–H and O–H groups in total. The lowest BCUT2D eigenvalue weighted by Gasteiger charge is -2.15. The number of nitrogen functional groups attached to an aromatic ring is 1. The van der Waals surface area contributed by atoms with E-state index in [0.717, 1.165) is 40.8 Å². The first-order valence-electron chi connectivity index (χ1n) is 11.9. The number of nitrogens with zero attached hydrogens (tertiary/aromatic N) is 6. The number of imidazole rings is 1. The molecule has 7 rings (SSSR count). The van der Waals surface area contributed by atoms with Crippen LogP contribution in [-0.4, -0.2) is 41.9 Å². The molecule has 0 amide bonds. The molecular formula is C24H22F3N9O. The molecule has 5 aromatic heterocycles. The van der Waals surface area contributed by atoms with Gasteiger partial charge in [-0.3, -0.25) is 4.40 Å². The van der Waals surface area contributed by atoms with E-state index in [1.165, 1.54) is 12.4 Å². The molecule has 5 aromatic rings. The Morgan fingerprint density at radius 2 is 1.95 bits per heavy atom. The summed E-state index contributed by atoms with van der Waals surface area (Å²) < 4.78 is 49.2. The Kier molecular flexibility index (Phi) is 4.51. The fraction of sp³-hybridized carbons (Fsp3) is 0.333. The summed E-state index contributed by atoms with van der Waals surface area (Å²) in [6, 6.07) is 5.60. The van der Waals surface area contributed by atoms with Crippen molar-refractivity contribution < 1.29 is 17.7 Å². The third kappa shape index (κ3) is 3.40. The predicted octanol–water partition coefficient (Wildman–Crippen LogP) is 4.73. The molecule has 0 radical (unpaired) electrons. The first kappa shape index (κ1) is 21.9. The summed E-state index contributed by atoms with van der Waals surface area (Å²) in [7, 11) is 0. The van der Waals surface area contributed by atoms with E-state index in [9.17, 15) is 13.2 Å². The number of nitrogens with two attached hydrogens (primary N) is 1. The highest BCUT2D eigenvalue weighted by Crippen LogP contribution is 2.59. The quantitative estimate of drug-likeness (QED) is 0.269. The molecule has 2 fully saturated rings. The van der Waals surface area contributed by atoms with E-state index in [4.69, 9.17) is 10.3 Å². The van der Waals surface area contributed by atoms with Gasteiger partial charge in [0.1, 0.15) is 23.2 Å². The van der Waals surface area contributed by atoms with Crippen LogP contribution in [0.3, 0.4) is 0 Å². The van der Waals surface area contributed by atoms with Gasteiger partial charge < -0.3 is 25.5 Å². The first-order valence-corrected chi connectivity index (χ1v) is 11.9. The van der Waals surface area contributed by atoms with E-state index < -0.39 is 11.6 Å². The topological polar surface area (TPSA) is 124 Å². The van der Waals surface area contributed by atoms with Crippen molar-refractivity contribution in [3.8, 4) is 11.3 Å². The molecule has 2 aliphatic carbocycles. The van der Waals surface area contributed by atoms with Crippen LogP contribution in [-0.2, 0) is 5.41 Å². The maximum Gasteiger partial charge on any atom is 0.401 e. The second kappa shape index (κ2) is 7.60. The Balaban J connectivity index is 1.15. The van der Waals surface area contributed by atoms with Crippen LogP contribution in [0.5, 0.6) is 0 Å². The maximum absolute atomic E-state index is 13.3. The molecule has 0 unspecified atom stereocenters. The van der Waals surface area contributed by atoms with Crippen molar-refractivity contribution >= 4 is 34.0 Å². The number of rotatable bonds is 7. The first-order chi connectivity index (χ1) is 17.9. The molecule has 190 valence electrons. The van der Waals surface area contributed by atoms with Gasteiger partial charge in [0.05, 0.1) is 23.4 Å². The number of hydrogen-bond donors (Lipinski definition) is 3. The minimum absolute atomic E-state index is 0.0185. The van der Waals surface area contributed by atoms with Gasteiger partial charge in [0, 0.05) is 36.3 Å². The summed E-state index contributed by atoms with van der Waals surface area (Å²) in [5, 5.41) is 10.8. The summed E-state index contributed by atoms with van der Waals surface area (Å²) >= 11 is 0. The molecule has 0 spiro atoms. The lowest BCUT2D eigenvalue weighted by molar-refractivity contribution is -0.165. The largest absolute Gasteiger partial charge is 0.401 e. The fourth-order valence-corrected chi connectivity index (χ4v) is 4.91. The summed E-state index contributed by atoms with van der Waals surface area (Å²) in [5.41, 5.74) is 8.40. The summed E-state index contributed by atoms with van der Waals surface area (Å²) in [6.07, 6.45) is 5.02. The van der Waals surface area contributed by atoms with Crippen molar-refractivity contribution in [2.45, 2.75) is 43.3 Å². The van der Waals surface area contributed by atoms with Gasteiger partial charge in [-0.2, -0.15) is 13.2 Å². The van der Waals surface area contributed by atoms with Crippen LogP contribution in [0.4, 0.5) is 30.5 Å². The summed E-state index contributed by atoms with van der Waals surface area (Å²) in [4.78, 5) is 13.2. The van der Waals surface area contributed by atoms with E-state index in [2.05, 4.69) is 41.5 Å². The van der Waals surface area contributed by atoms with Crippen molar-refractivity contribution in [3.05, 3.63) is 48.9 Å². The van der Waals surface area contributed by atoms with E-state index in [1.807, 2.05) is 22.7 Å². The molecule has 2 saturated carbocycles. The molecule has 0 saturated heterocycles. The van der Waals surface area contributed by atoms with Crippen LogP contribution >= 0.6 is 0 Å². The number of halogens is 3. The van der Waals surface area contributed by atoms with Crippen molar-refractivity contribution in [2.24, 2.45) is 0 Å². The molecule has 2 aliphatic rings. The van der Waals surface area contributed by atoms with Crippen molar-refractivity contribution in [2.75, 3.05) is 23.0 Å². The van der Waals surface area contributed by atoms with Gasteiger partial charge in [0.2, 0.25) is 0 Å². The highest BCUT2D eigenvalue weighted by Gasteiger charge is 2.66. The van der Waals surface area contributed by atoms with Gasteiger partial charge in [-0.25, -0.2) is 15.0 Å². The Hall–Kier alpha value is -4.29. The van der Waals surface area contributed by atoms with Gasteiger partial charge in [-0.15, -0.1) is 0 Å². The number of alkyl halides is 3. The van der Waals surface area contributed by atoms with E-state index in [1.54, 1.807) is 6.20 Å². The Bertz CT molecular complexity index is 1640. The molecule has 5 heterocycles. The second-order valence-corrected chi connectivity index (χ2v) is 9.58. The van der Waals surface area contributed by atoms with Crippen LogP contribution in [0.2, 0.25) is 0 Å². The fourth-order valence-electron chi connectivity index (χ4n) is 4.91. The Morgan fingerprint density at radius 3 is 2.70 bits per heavy atom. The third-order valence-electron chi connectivity index (χ3n) is 7.23. The molecule has 10 nitrogen and oxygen atoms in total. The third-order valence-corrected chi connectivity index (χ3v) is 7.23. The van der Waals surface area contributed by atoms with Crippen LogP contribution in [0.25, 0.3) is 27.9 Å². The average molecular weight is 509 g/mol. The highest BCUT2D eigenvalue weighted by atomic mass is 19.4. The number of fused-ring (bicyclic) bond motifs is 2. The number of aromatic nitrogens is 6. The molecule has 13 heteroatoms. The Labute approximate surface area is 207 Å². The summed E-state index contributed by atoms with van der Waals surface area (Å²) in [5.74, 6) is 0.498. The zero-order valence-electron chi connectivity index (χ0n) is 19.5. The lowest BCUT2D eigenvalue weighted by atomic mass is 10.0. The van der Waals surface area contributed by atoms with Crippen LogP contribution < -0.4 is 16.4 Å². The number of nitrogens with one attached hydrogen (secondary N) is 2. The maximum atomic E-state index is 13.3. The van der Waals surface area contributed by atoms with Crippen molar-refractivity contribution in [1.29, 1.82) is 0 Å². The molecule has 0 atom stereocenters. The van der Waals surface area contributed by atoms with E-state index in [-0.39, 0.29) is 31.1 Å². The predicted molar refractivity (Wildman–Crippen MR) is 130 cm³/mol. The van der Waals surface area contributed by atoms with Gasteiger partial charge in [-0.05, 0) is 37.8 Å². The smallest absolute Gasteiger partial charge is 0.383 e. The van der Waals surface area contributed by atoms with Crippen molar-refractivity contribution in [3.63, 3.8) is 0 Å². The second-order valence-electron chi connectivity index (χ2n) is 9.58. The van der Waals surface area contributed by atoms with Crippen LogP contribution in [0.1, 0.15) is 37.5 Å². The van der Waals surface area contributed by atoms with Crippen molar-refractivity contribution in [1.82, 2.24) is 29.1 Å². The van der Waals surface area contributed by atoms with Gasteiger partial charge >= 0.3 is 6.18 Å². The minimum atomic E-state index is -4.35. The summed E-state index contributed by atoms with van der Waals surface area (Å²) in [6.45, 7) is 0.203. The standard InChI is InChI=1S/C24H22F3N9O/c25-24(26,27)23(5-6-23)17-9-18(34-37-17)31-11-30-15-3-4-16(35-8-7-29-21(15)35)14-10-36(13-1-2-13)22-19(14)20(28)32-12-33-22/h3-4,7-10,12-13,30H,1-2,5-6,11H2,(H,31,34)(H2,28,32,33). The Morgan fingerprint density at radius 1 is 1.11 bits per heavy atom. The van der Waals surface area contributed by atoms with E-state index >= 15 is 0 Å². The van der Waals surface area contributed by atoms with Crippen LogP contribution in [0, 0.1) is 0 Å². The zero-order chi connectivity index (χ0) is 25.4. The molecule has 37 heavy (non-hydrogen) atoms. The molecular weight excluding hydrogens is 487 g/mol. The lowest BCUT2D eigenvalue weighted by Crippen LogP contribution is -2.28. The zero-order valence-corrected chi connectivity index (χ0v) is 19.5. The minimum Gasteiger partial charge on any atom is -0.383 e. The van der Waals surface area contributed by atoms with Gasteiger partial charge in [0.15, 0.2) is 17.2 Å². The highest BCUT2D eigenvalue weighted by molar-refractivity contribution is 6.00.